The van der Waals surface area contributed by atoms with E-state index >= 15 is 0 Å². The van der Waals surface area contributed by atoms with Crippen LogP contribution in [-0.2, 0) is 16.1 Å². The Kier molecular flexibility index (Phi) is 7.16. The maximum atomic E-state index is 12.9. The van der Waals surface area contributed by atoms with Crippen molar-refractivity contribution in [2.75, 3.05) is 24.7 Å². The molecule has 1 aromatic heterocycles. The van der Waals surface area contributed by atoms with Crippen LogP contribution in [0.2, 0.25) is 0 Å². The lowest BCUT2D eigenvalue weighted by molar-refractivity contribution is -0.684. The van der Waals surface area contributed by atoms with Crippen LogP contribution < -0.4 is 21.9 Å². The SMILES string of the molecule is Cc1cccc(N(CC2=CCOCC2)C(=O)C[n+]2ccccc2)c1.[Cl-]. The normalized spacial score (nSPS) is 13.6. The van der Waals surface area contributed by atoms with Crippen molar-refractivity contribution in [1.82, 2.24) is 0 Å². The second kappa shape index (κ2) is 9.35. The number of pyridine rings is 1. The van der Waals surface area contributed by atoms with Gasteiger partial charge in [0.05, 0.1) is 13.2 Å². The number of ether oxygens (including phenoxy) is 1. The van der Waals surface area contributed by atoms with Crippen molar-refractivity contribution in [3.05, 3.63) is 72.1 Å². The quantitative estimate of drug-likeness (QED) is 0.541. The van der Waals surface area contributed by atoms with Gasteiger partial charge in [0.1, 0.15) is 0 Å². The number of halogens is 1. The summed E-state index contributed by atoms with van der Waals surface area (Å²) in [5.41, 5.74) is 3.36. The molecule has 2 heterocycles. The Balaban J connectivity index is 0.00000225. The second-order valence-electron chi connectivity index (χ2n) is 6.05. The number of hydrogen-bond acceptors (Lipinski definition) is 2. The molecule has 0 saturated heterocycles. The Morgan fingerprint density at radius 2 is 2.00 bits per heavy atom. The highest BCUT2D eigenvalue weighted by atomic mass is 35.5. The number of anilines is 1. The average Bonchev–Trinajstić information content (AvgIpc) is 2.61. The summed E-state index contributed by atoms with van der Waals surface area (Å²) in [6, 6.07) is 13.9. The van der Waals surface area contributed by atoms with Crippen LogP contribution in [0.15, 0.2) is 66.5 Å². The fourth-order valence-corrected chi connectivity index (χ4v) is 2.81. The Labute approximate surface area is 155 Å². The van der Waals surface area contributed by atoms with Gasteiger partial charge in [-0.05, 0) is 36.6 Å². The zero-order chi connectivity index (χ0) is 16.8. The van der Waals surface area contributed by atoms with E-state index in [2.05, 4.69) is 12.1 Å². The number of hydrogen-bond donors (Lipinski definition) is 0. The minimum atomic E-state index is 0. The lowest BCUT2D eigenvalue weighted by Crippen LogP contribution is -3.00. The topological polar surface area (TPSA) is 33.4 Å². The van der Waals surface area contributed by atoms with Crippen LogP contribution in [0.1, 0.15) is 12.0 Å². The number of amides is 1. The fraction of sp³-hybridized carbons (Fsp3) is 0.300. The van der Waals surface area contributed by atoms with E-state index in [9.17, 15) is 4.79 Å². The molecule has 0 aliphatic carbocycles. The van der Waals surface area contributed by atoms with E-state index in [4.69, 9.17) is 4.74 Å². The van der Waals surface area contributed by atoms with Crippen LogP contribution in [0.3, 0.4) is 0 Å². The van der Waals surface area contributed by atoms with E-state index in [0.717, 1.165) is 24.3 Å². The largest absolute Gasteiger partial charge is 1.00 e. The van der Waals surface area contributed by atoms with E-state index in [1.807, 2.05) is 65.2 Å². The van der Waals surface area contributed by atoms with Crippen LogP contribution in [0.25, 0.3) is 0 Å². The first-order valence-corrected chi connectivity index (χ1v) is 8.29. The number of carbonyl (C=O) groups is 1. The van der Waals surface area contributed by atoms with E-state index in [1.54, 1.807) is 0 Å². The zero-order valence-electron chi connectivity index (χ0n) is 14.4. The number of rotatable bonds is 5. The third-order valence-corrected chi connectivity index (χ3v) is 4.13. The first kappa shape index (κ1) is 19.2. The van der Waals surface area contributed by atoms with Crippen LogP contribution >= 0.6 is 0 Å². The lowest BCUT2D eigenvalue weighted by atomic mass is 10.1. The summed E-state index contributed by atoms with van der Waals surface area (Å²) in [7, 11) is 0. The van der Waals surface area contributed by atoms with Gasteiger partial charge in [0.2, 0.25) is 6.54 Å². The van der Waals surface area contributed by atoms with Crippen molar-refractivity contribution in [3.63, 3.8) is 0 Å². The predicted molar refractivity (Wildman–Crippen MR) is 93.7 cm³/mol. The van der Waals surface area contributed by atoms with Crippen molar-refractivity contribution in [3.8, 4) is 0 Å². The van der Waals surface area contributed by atoms with Crippen molar-refractivity contribution < 1.29 is 26.5 Å². The van der Waals surface area contributed by atoms with Gasteiger partial charge in [0.25, 0.3) is 5.91 Å². The van der Waals surface area contributed by atoms with Crippen LogP contribution in [0.4, 0.5) is 5.69 Å². The van der Waals surface area contributed by atoms with Gasteiger partial charge < -0.3 is 22.0 Å². The van der Waals surface area contributed by atoms with E-state index in [0.29, 0.717) is 19.7 Å². The van der Waals surface area contributed by atoms with Gasteiger partial charge in [-0.15, -0.1) is 0 Å². The first-order valence-electron chi connectivity index (χ1n) is 8.29. The van der Waals surface area contributed by atoms with Crippen molar-refractivity contribution in [2.24, 2.45) is 0 Å². The van der Waals surface area contributed by atoms with Crippen LogP contribution in [0, 0.1) is 6.92 Å². The van der Waals surface area contributed by atoms with Gasteiger partial charge in [-0.3, -0.25) is 4.79 Å². The van der Waals surface area contributed by atoms with Crippen LogP contribution in [0.5, 0.6) is 0 Å². The maximum Gasteiger partial charge on any atom is 0.293 e. The van der Waals surface area contributed by atoms with Crippen LogP contribution in [-0.4, -0.2) is 25.7 Å². The van der Waals surface area contributed by atoms with E-state index in [1.165, 1.54) is 5.57 Å². The van der Waals surface area contributed by atoms with E-state index < -0.39 is 0 Å². The molecule has 132 valence electrons. The summed E-state index contributed by atoms with van der Waals surface area (Å²) in [6.07, 6.45) is 6.81. The number of carbonyl (C=O) groups excluding carboxylic acids is 1. The molecule has 0 radical (unpaired) electrons. The molecule has 0 atom stereocenters. The fourth-order valence-electron chi connectivity index (χ4n) is 2.81. The highest BCUT2D eigenvalue weighted by Gasteiger charge is 2.21. The lowest BCUT2D eigenvalue weighted by Gasteiger charge is -2.25. The molecular formula is C20H23ClN2O2. The third kappa shape index (κ3) is 5.41. The third-order valence-electron chi connectivity index (χ3n) is 4.13. The molecule has 1 aliphatic rings. The van der Waals surface area contributed by atoms with Gasteiger partial charge in [0.15, 0.2) is 12.4 Å². The molecule has 0 N–H and O–H groups in total. The second-order valence-corrected chi connectivity index (χ2v) is 6.05. The standard InChI is InChI=1S/C20H23N2O2.ClH/c1-17-6-5-7-19(14-17)22(15-18-8-12-24-13-9-18)20(23)16-21-10-3-2-4-11-21;/h2-8,10-11,14H,9,12-13,15-16H2,1H3;1H/q+1;/p-1. The van der Waals surface area contributed by atoms with Crippen molar-refractivity contribution in [1.29, 1.82) is 0 Å². The summed E-state index contributed by atoms with van der Waals surface area (Å²) in [5, 5.41) is 0. The monoisotopic (exact) mass is 358 g/mol. The Bertz CT molecular complexity index is 731. The van der Waals surface area contributed by atoms with Crippen molar-refractivity contribution >= 4 is 11.6 Å². The number of aryl methyl sites for hydroxylation is 1. The molecule has 25 heavy (non-hydrogen) atoms. The number of benzene rings is 1. The summed E-state index contributed by atoms with van der Waals surface area (Å²) < 4.78 is 7.28. The molecule has 3 rings (SSSR count). The average molecular weight is 359 g/mol. The van der Waals surface area contributed by atoms with Gasteiger partial charge in [-0.25, -0.2) is 0 Å². The van der Waals surface area contributed by atoms with E-state index in [-0.39, 0.29) is 18.3 Å². The molecule has 1 aromatic carbocycles. The molecule has 0 saturated carbocycles. The molecule has 0 unspecified atom stereocenters. The molecule has 1 amide bonds. The Morgan fingerprint density at radius 3 is 2.68 bits per heavy atom. The molecular weight excluding hydrogens is 336 g/mol. The molecule has 5 heteroatoms. The summed E-state index contributed by atoms with van der Waals surface area (Å²) in [4.78, 5) is 14.8. The molecule has 2 aromatic rings. The molecule has 0 spiro atoms. The van der Waals surface area contributed by atoms with Gasteiger partial charge >= 0.3 is 0 Å². The molecule has 1 aliphatic heterocycles. The maximum absolute atomic E-state index is 12.9. The van der Waals surface area contributed by atoms with Gasteiger partial charge in [-0.1, -0.05) is 24.3 Å². The predicted octanol–water partition coefficient (Wildman–Crippen LogP) is -0.334. The Morgan fingerprint density at radius 1 is 1.20 bits per heavy atom. The first-order chi connectivity index (χ1) is 11.7. The number of aromatic nitrogens is 1. The summed E-state index contributed by atoms with van der Waals surface area (Å²) in [5.74, 6) is 0.0872. The highest BCUT2D eigenvalue weighted by Crippen LogP contribution is 2.20. The minimum absolute atomic E-state index is 0. The number of nitrogens with zero attached hydrogens (tertiary/aromatic N) is 2. The summed E-state index contributed by atoms with van der Waals surface area (Å²) in [6.45, 7) is 4.37. The smallest absolute Gasteiger partial charge is 0.293 e. The molecule has 0 fully saturated rings. The highest BCUT2D eigenvalue weighted by molar-refractivity contribution is 5.93. The summed E-state index contributed by atoms with van der Waals surface area (Å²) >= 11 is 0. The molecule has 0 bridgehead atoms. The Hall–Kier alpha value is -2.17. The van der Waals surface area contributed by atoms with Gasteiger partial charge in [0, 0.05) is 24.4 Å². The zero-order valence-corrected chi connectivity index (χ0v) is 15.2. The van der Waals surface area contributed by atoms with Crippen molar-refractivity contribution in [2.45, 2.75) is 19.9 Å². The van der Waals surface area contributed by atoms with Gasteiger partial charge in [-0.2, -0.15) is 4.57 Å². The molecule has 4 nitrogen and oxygen atoms in total. The minimum Gasteiger partial charge on any atom is -1.00 e.